The van der Waals surface area contributed by atoms with Gasteiger partial charge in [0.1, 0.15) is 5.60 Å². The molecule has 0 spiro atoms. The van der Waals surface area contributed by atoms with Crippen LogP contribution in [-0.2, 0) is 9.53 Å². The Hall–Kier alpha value is -0.610. The molecule has 4 heteroatoms. The highest BCUT2D eigenvalue weighted by Crippen LogP contribution is 2.23. The van der Waals surface area contributed by atoms with E-state index < -0.39 is 5.60 Å². The van der Waals surface area contributed by atoms with Crippen molar-refractivity contribution in [1.29, 1.82) is 0 Å². The van der Waals surface area contributed by atoms with Crippen LogP contribution in [0.25, 0.3) is 0 Å². The molecule has 16 heavy (non-hydrogen) atoms. The van der Waals surface area contributed by atoms with Crippen molar-refractivity contribution in [1.82, 2.24) is 5.32 Å². The van der Waals surface area contributed by atoms with E-state index in [4.69, 9.17) is 4.74 Å². The second-order valence-electron chi connectivity index (χ2n) is 5.10. The minimum absolute atomic E-state index is 0.0684. The second kappa shape index (κ2) is 5.64. The van der Waals surface area contributed by atoms with Crippen LogP contribution < -0.4 is 5.32 Å². The molecule has 0 aromatic carbocycles. The number of carbonyl (C=O) groups excluding carboxylic acids is 1. The molecule has 0 saturated heterocycles. The number of aliphatic hydroxyl groups excluding tert-OH is 1. The first-order valence-electron chi connectivity index (χ1n) is 5.97. The van der Waals surface area contributed by atoms with Crippen LogP contribution in [0, 0.1) is 5.92 Å². The number of hydrogen-bond donors (Lipinski definition) is 2. The zero-order valence-electron chi connectivity index (χ0n) is 10.5. The number of carbonyl (C=O) groups is 1. The molecule has 94 valence electrons. The summed E-state index contributed by atoms with van der Waals surface area (Å²) in [6.07, 6.45) is 3.56. The number of rotatable bonds is 4. The first kappa shape index (κ1) is 13.5. The van der Waals surface area contributed by atoms with Crippen molar-refractivity contribution in [3.8, 4) is 0 Å². The van der Waals surface area contributed by atoms with Gasteiger partial charge in [-0.1, -0.05) is 0 Å². The smallest absolute Gasteiger partial charge is 0.251 e. The van der Waals surface area contributed by atoms with E-state index in [1.165, 1.54) is 7.11 Å². The Labute approximate surface area is 97.4 Å². The van der Waals surface area contributed by atoms with E-state index in [0.29, 0.717) is 12.5 Å². The number of aliphatic hydroxyl groups is 1. The minimum atomic E-state index is -0.756. The van der Waals surface area contributed by atoms with Gasteiger partial charge in [0, 0.05) is 13.7 Å². The zero-order chi connectivity index (χ0) is 12.2. The van der Waals surface area contributed by atoms with Crippen LogP contribution in [0.4, 0.5) is 0 Å². The highest BCUT2D eigenvalue weighted by molar-refractivity contribution is 5.84. The summed E-state index contributed by atoms with van der Waals surface area (Å²) in [5, 5.41) is 12.3. The molecule has 2 N–H and O–H groups in total. The summed E-state index contributed by atoms with van der Waals surface area (Å²) in [6, 6.07) is 0. The fourth-order valence-corrected chi connectivity index (χ4v) is 1.89. The lowest BCUT2D eigenvalue weighted by Gasteiger charge is -2.27. The van der Waals surface area contributed by atoms with Gasteiger partial charge in [-0.3, -0.25) is 4.79 Å². The van der Waals surface area contributed by atoms with Gasteiger partial charge in [-0.05, 0) is 45.4 Å². The van der Waals surface area contributed by atoms with Gasteiger partial charge in [0.25, 0.3) is 5.91 Å². The average Bonchev–Trinajstić information content (AvgIpc) is 2.28. The summed E-state index contributed by atoms with van der Waals surface area (Å²) in [6.45, 7) is 4.21. The molecule has 1 amide bonds. The molecule has 1 rings (SSSR count). The lowest BCUT2D eigenvalue weighted by Crippen LogP contribution is -2.45. The molecule has 4 nitrogen and oxygen atoms in total. The third-order valence-electron chi connectivity index (χ3n) is 3.42. The van der Waals surface area contributed by atoms with Crippen LogP contribution in [-0.4, -0.2) is 36.4 Å². The molecular formula is C12H23NO3. The van der Waals surface area contributed by atoms with Crippen LogP contribution in [0.2, 0.25) is 0 Å². The maximum atomic E-state index is 11.7. The fraction of sp³-hybridized carbons (Fsp3) is 0.917. The minimum Gasteiger partial charge on any atom is -0.393 e. The monoisotopic (exact) mass is 229 g/mol. The van der Waals surface area contributed by atoms with Gasteiger partial charge in [-0.2, -0.15) is 0 Å². The standard InChI is InChI=1S/C12H23NO3/c1-12(2,16-3)11(15)13-8-9-4-6-10(14)7-5-9/h9-10,14H,4-8H2,1-3H3,(H,13,15). The van der Waals surface area contributed by atoms with Gasteiger partial charge in [0.05, 0.1) is 6.10 Å². The quantitative estimate of drug-likeness (QED) is 0.758. The van der Waals surface area contributed by atoms with Crippen molar-refractivity contribution in [2.75, 3.05) is 13.7 Å². The molecular weight excluding hydrogens is 206 g/mol. The van der Waals surface area contributed by atoms with Crippen molar-refractivity contribution in [3.63, 3.8) is 0 Å². The van der Waals surface area contributed by atoms with Crippen molar-refractivity contribution in [2.24, 2.45) is 5.92 Å². The summed E-state index contributed by atoms with van der Waals surface area (Å²) < 4.78 is 5.10. The lowest BCUT2D eigenvalue weighted by molar-refractivity contribution is -0.139. The predicted molar refractivity (Wildman–Crippen MR) is 62.1 cm³/mol. The normalized spacial score (nSPS) is 26.5. The molecule has 0 heterocycles. The maximum Gasteiger partial charge on any atom is 0.251 e. The largest absolute Gasteiger partial charge is 0.393 e. The number of hydrogen-bond acceptors (Lipinski definition) is 3. The Bertz CT molecular complexity index is 232. The molecule has 0 aromatic heterocycles. The Morgan fingerprint density at radius 3 is 2.44 bits per heavy atom. The Balaban J connectivity index is 2.27. The lowest BCUT2D eigenvalue weighted by atomic mass is 9.87. The van der Waals surface area contributed by atoms with Crippen LogP contribution >= 0.6 is 0 Å². The van der Waals surface area contributed by atoms with E-state index in [9.17, 15) is 9.90 Å². The van der Waals surface area contributed by atoms with Crippen molar-refractivity contribution in [2.45, 2.75) is 51.2 Å². The van der Waals surface area contributed by atoms with Crippen molar-refractivity contribution < 1.29 is 14.6 Å². The number of nitrogens with one attached hydrogen (secondary N) is 1. The molecule has 0 bridgehead atoms. The zero-order valence-corrected chi connectivity index (χ0v) is 10.5. The first-order chi connectivity index (χ1) is 7.45. The first-order valence-corrected chi connectivity index (χ1v) is 5.97. The van der Waals surface area contributed by atoms with E-state index in [2.05, 4.69) is 5.32 Å². The van der Waals surface area contributed by atoms with E-state index >= 15 is 0 Å². The van der Waals surface area contributed by atoms with Crippen molar-refractivity contribution >= 4 is 5.91 Å². The van der Waals surface area contributed by atoms with Crippen LogP contribution in [0.3, 0.4) is 0 Å². The van der Waals surface area contributed by atoms with Crippen LogP contribution in [0.15, 0.2) is 0 Å². The van der Waals surface area contributed by atoms with E-state index in [1.807, 2.05) is 0 Å². The Kier molecular flexibility index (Phi) is 4.74. The van der Waals surface area contributed by atoms with E-state index in [1.54, 1.807) is 13.8 Å². The van der Waals surface area contributed by atoms with Crippen molar-refractivity contribution in [3.05, 3.63) is 0 Å². The van der Waals surface area contributed by atoms with Gasteiger partial charge in [-0.25, -0.2) is 0 Å². The molecule has 1 fully saturated rings. The predicted octanol–water partition coefficient (Wildman–Crippen LogP) is 1.08. The Morgan fingerprint density at radius 2 is 1.94 bits per heavy atom. The molecule has 0 aromatic rings. The highest BCUT2D eigenvalue weighted by atomic mass is 16.5. The molecule has 0 atom stereocenters. The number of amides is 1. The topological polar surface area (TPSA) is 58.6 Å². The van der Waals surface area contributed by atoms with Gasteiger partial charge in [0.2, 0.25) is 0 Å². The summed E-state index contributed by atoms with van der Waals surface area (Å²) in [5.41, 5.74) is -0.756. The maximum absolute atomic E-state index is 11.7. The third-order valence-corrected chi connectivity index (χ3v) is 3.42. The molecule has 0 unspecified atom stereocenters. The summed E-state index contributed by atoms with van der Waals surface area (Å²) in [4.78, 5) is 11.7. The fourth-order valence-electron chi connectivity index (χ4n) is 1.89. The summed E-state index contributed by atoms with van der Waals surface area (Å²) in [7, 11) is 1.54. The van der Waals surface area contributed by atoms with Gasteiger partial charge >= 0.3 is 0 Å². The number of ether oxygens (including phenoxy) is 1. The molecule has 0 radical (unpaired) electrons. The SMILES string of the molecule is COC(C)(C)C(=O)NCC1CCC(O)CC1. The number of methoxy groups -OCH3 is 1. The van der Waals surface area contributed by atoms with Gasteiger partial charge in [0.15, 0.2) is 0 Å². The summed E-state index contributed by atoms with van der Waals surface area (Å²) >= 11 is 0. The molecule has 1 saturated carbocycles. The van der Waals surface area contributed by atoms with Crippen LogP contribution in [0.1, 0.15) is 39.5 Å². The second-order valence-corrected chi connectivity index (χ2v) is 5.10. The highest BCUT2D eigenvalue weighted by Gasteiger charge is 2.28. The molecule has 1 aliphatic rings. The van der Waals surface area contributed by atoms with Gasteiger partial charge in [-0.15, -0.1) is 0 Å². The molecule has 1 aliphatic carbocycles. The average molecular weight is 229 g/mol. The third kappa shape index (κ3) is 3.76. The van der Waals surface area contributed by atoms with E-state index in [-0.39, 0.29) is 12.0 Å². The Morgan fingerprint density at radius 1 is 1.38 bits per heavy atom. The van der Waals surface area contributed by atoms with Gasteiger partial charge < -0.3 is 15.2 Å². The summed E-state index contributed by atoms with van der Waals surface area (Å²) in [5.74, 6) is 0.432. The van der Waals surface area contributed by atoms with Crippen LogP contribution in [0.5, 0.6) is 0 Å². The molecule has 0 aliphatic heterocycles. The van der Waals surface area contributed by atoms with E-state index in [0.717, 1.165) is 25.7 Å².